The molecule has 0 unspecified atom stereocenters. The van der Waals surface area contributed by atoms with Gasteiger partial charge in [0, 0.05) is 0 Å². The fourth-order valence-corrected chi connectivity index (χ4v) is 2.14. The van der Waals surface area contributed by atoms with Crippen molar-refractivity contribution in [1.82, 2.24) is 5.32 Å². The zero-order valence-electron chi connectivity index (χ0n) is 11.6. The second-order valence-corrected chi connectivity index (χ2v) is 4.94. The van der Waals surface area contributed by atoms with Crippen LogP contribution in [0.3, 0.4) is 0 Å². The summed E-state index contributed by atoms with van der Waals surface area (Å²) >= 11 is 0. The molecule has 0 fully saturated rings. The number of rotatable bonds is 6. The Labute approximate surface area is 124 Å². The molecule has 0 heterocycles. The van der Waals surface area contributed by atoms with Gasteiger partial charge in [-0.25, -0.2) is 0 Å². The van der Waals surface area contributed by atoms with Crippen LogP contribution in [0.4, 0.5) is 0 Å². The highest BCUT2D eigenvalue weighted by Gasteiger charge is 2.25. The summed E-state index contributed by atoms with van der Waals surface area (Å²) < 4.78 is 0. The van der Waals surface area contributed by atoms with Gasteiger partial charge in [-0.1, -0.05) is 60.7 Å². The molecular weight excluding hydrogens is 265 g/mol. The maximum atomic E-state index is 12.0. The molecular formula is C16H18BNO3. The lowest BCUT2D eigenvalue weighted by Crippen LogP contribution is -2.48. The minimum absolute atomic E-state index is 0.221. The maximum Gasteiger partial charge on any atom is 0.475 e. The monoisotopic (exact) mass is 283 g/mol. The average molecular weight is 283 g/mol. The third kappa shape index (κ3) is 5.06. The van der Waals surface area contributed by atoms with Crippen LogP contribution in [0.15, 0.2) is 60.7 Å². The Hall–Kier alpha value is -2.11. The number of hydrogen-bond donors (Lipinski definition) is 3. The number of benzene rings is 2. The van der Waals surface area contributed by atoms with E-state index >= 15 is 0 Å². The molecule has 0 bridgehead atoms. The van der Waals surface area contributed by atoms with Crippen LogP contribution >= 0.6 is 0 Å². The largest absolute Gasteiger partial charge is 0.475 e. The SMILES string of the molecule is O=C(Cc1ccccc1)N[C@@H](Cc1ccccc1)B(O)O. The smallest absolute Gasteiger partial charge is 0.426 e. The first kappa shape index (κ1) is 15.3. The van der Waals surface area contributed by atoms with E-state index in [4.69, 9.17) is 0 Å². The summed E-state index contributed by atoms with van der Waals surface area (Å²) in [6.07, 6.45) is 0.595. The maximum absolute atomic E-state index is 12.0. The molecule has 0 aromatic heterocycles. The lowest BCUT2D eigenvalue weighted by molar-refractivity contribution is -0.120. The standard InChI is InChI=1S/C16H18BNO3/c19-16(12-14-9-5-2-6-10-14)18-15(17(20)21)11-13-7-3-1-4-8-13/h1-10,15,20-21H,11-12H2,(H,18,19)/t15-/m0/s1. The van der Waals surface area contributed by atoms with Crippen LogP contribution in [-0.4, -0.2) is 29.0 Å². The minimum atomic E-state index is -1.59. The molecule has 0 aliphatic carbocycles. The molecule has 2 aromatic carbocycles. The lowest BCUT2D eigenvalue weighted by atomic mass is 9.76. The van der Waals surface area contributed by atoms with E-state index in [1.807, 2.05) is 60.7 Å². The summed E-state index contributed by atoms with van der Waals surface area (Å²) in [5.74, 6) is -0.946. The predicted molar refractivity (Wildman–Crippen MR) is 82.4 cm³/mol. The summed E-state index contributed by atoms with van der Waals surface area (Å²) in [5.41, 5.74) is 1.83. The molecule has 0 radical (unpaired) electrons. The quantitative estimate of drug-likeness (QED) is 0.692. The summed E-state index contributed by atoms with van der Waals surface area (Å²) in [6.45, 7) is 0. The van der Waals surface area contributed by atoms with Crippen molar-refractivity contribution >= 4 is 13.0 Å². The summed E-state index contributed by atoms with van der Waals surface area (Å²) in [4.78, 5) is 12.0. The van der Waals surface area contributed by atoms with Gasteiger partial charge in [0.15, 0.2) is 0 Å². The van der Waals surface area contributed by atoms with Crippen molar-refractivity contribution in [2.75, 3.05) is 0 Å². The first-order valence-corrected chi connectivity index (χ1v) is 6.88. The van der Waals surface area contributed by atoms with Crippen molar-refractivity contribution in [2.24, 2.45) is 0 Å². The number of nitrogens with one attached hydrogen (secondary N) is 1. The second kappa shape index (κ2) is 7.62. The van der Waals surface area contributed by atoms with Crippen molar-refractivity contribution in [1.29, 1.82) is 0 Å². The van der Waals surface area contributed by atoms with E-state index in [2.05, 4.69) is 5.32 Å². The van der Waals surface area contributed by atoms with Gasteiger partial charge in [0.05, 0.1) is 12.4 Å². The normalized spacial score (nSPS) is 11.7. The number of carbonyl (C=O) groups excluding carboxylic acids is 1. The summed E-state index contributed by atoms with van der Waals surface area (Å²) in [6, 6.07) is 18.8. The molecule has 0 aliphatic rings. The Bertz CT molecular complexity index is 560. The van der Waals surface area contributed by atoms with Crippen LogP contribution in [0, 0.1) is 0 Å². The van der Waals surface area contributed by atoms with Crippen LogP contribution in [0.5, 0.6) is 0 Å². The van der Waals surface area contributed by atoms with E-state index < -0.39 is 13.1 Å². The fraction of sp³-hybridized carbons (Fsp3) is 0.188. The van der Waals surface area contributed by atoms with Gasteiger partial charge < -0.3 is 15.4 Å². The molecule has 108 valence electrons. The van der Waals surface area contributed by atoms with Gasteiger partial charge in [-0.05, 0) is 17.5 Å². The highest BCUT2D eigenvalue weighted by Crippen LogP contribution is 2.05. The Morgan fingerprint density at radius 2 is 1.48 bits per heavy atom. The van der Waals surface area contributed by atoms with Crippen molar-refractivity contribution in [3.8, 4) is 0 Å². The van der Waals surface area contributed by atoms with Crippen LogP contribution < -0.4 is 5.32 Å². The third-order valence-electron chi connectivity index (χ3n) is 3.21. The number of hydrogen-bond acceptors (Lipinski definition) is 3. The van der Waals surface area contributed by atoms with Crippen molar-refractivity contribution in [3.63, 3.8) is 0 Å². The first-order chi connectivity index (χ1) is 10.1. The van der Waals surface area contributed by atoms with Crippen molar-refractivity contribution in [2.45, 2.75) is 18.8 Å². The summed E-state index contributed by atoms with van der Waals surface area (Å²) in [7, 11) is -1.59. The molecule has 5 heteroatoms. The molecule has 0 saturated heterocycles. The Morgan fingerprint density at radius 3 is 2.00 bits per heavy atom. The third-order valence-corrected chi connectivity index (χ3v) is 3.21. The highest BCUT2D eigenvalue weighted by molar-refractivity contribution is 6.43. The molecule has 0 aliphatic heterocycles. The van der Waals surface area contributed by atoms with E-state index in [-0.39, 0.29) is 12.3 Å². The van der Waals surface area contributed by atoms with Crippen LogP contribution in [0.2, 0.25) is 0 Å². The van der Waals surface area contributed by atoms with E-state index in [0.717, 1.165) is 11.1 Å². The minimum Gasteiger partial charge on any atom is -0.426 e. The van der Waals surface area contributed by atoms with Crippen molar-refractivity contribution in [3.05, 3.63) is 71.8 Å². The Kier molecular flexibility index (Phi) is 5.55. The highest BCUT2D eigenvalue weighted by atomic mass is 16.4. The molecule has 21 heavy (non-hydrogen) atoms. The number of carbonyl (C=O) groups is 1. The lowest BCUT2D eigenvalue weighted by Gasteiger charge is -2.18. The number of amides is 1. The van der Waals surface area contributed by atoms with Gasteiger partial charge in [-0.2, -0.15) is 0 Å². The van der Waals surface area contributed by atoms with Gasteiger partial charge in [0.25, 0.3) is 0 Å². The molecule has 2 aromatic rings. The average Bonchev–Trinajstić information content (AvgIpc) is 2.48. The van der Waals surface area contributed by atoms with Crippen LogP contribution in [0.1, 0.15) is 11.1 Å². The zero-order valence-corrected chi connectivity index (χ0v) is 11.6. The molecule has 4 nitrogen and oxygen atoms in total. The zero-order chi connectivity index (χ0) is 15.1. The van der Waals surface area contributed by atoms with Gasteiger partial charge >= 0.3 is 7.12 Å². The predicted octanol–water partition coefficient (Wildman–Crippen LogP) is 0.969. The molecule has 1 amide bonds. The van der Waals surface area contributed by atoms with Gasteiger partial charge in [-0.15, -0.1) is 0 Å². The first-order valence-electron chi connectivity index (χ1n) is 6.88. The second-order valence-electron chi connectivity index (χ2n) is 4.94. The van der Waals surface area contributed by atoms with Crippen LogP contribution in [0.25, 0.3) is 0 Å². The molecule has 3 N–H and O–H groups in total. The Balaban J connectivity index is 1.95. The fourth-order valence-electron chi connectivity index (χ4n) is 2.14. The topological polar surface area (TPSA) is 69.6 Å². The van der Waals surface area contributed by atoms with E-state index in [1.54, 1.807) is 0 Å². The van der Waals surface area contributed by atoms with E-state index in [0.29, 0.717) is 6.42 Å². The summed E-state index contributed by atoms with van der Waals surface area (Å²) in [5, 5.41) is 21.5. The Morgan fingerprint density at radius 1 is 0.952 bits per heavy atom. The molecule has 0 spiro atoms. The molecule has 0 saturated carbocycles. The van der Waals surface area contributed by atoms with Gasteiger partial charge in [-0.3, -0.25) is 4.79 Å². The van der Waals surface area contributed by atoms with E-state index in [9.17, 15) is 14.8 Å². The van der Waals surface area contributed by atoms with Gasteiger partial charge in [0.2, 0.25) is 5.91 Å². The van der Waals surface area contributed by atoms with E-state index in [1.165, 1.54) is 0 Å². The van der Waals surface area contributed by atoms with Crippen molar-refractivity contribution < 1.29 is 14.8 Å². The molecule has 1 atom stereocenters. The molecule has 2 rings (SSSR count). The van der Waals surface area contributed by atoms with Gasteiger partial charge in [0.1, 0.15) is 0 Å². The van der Waals surface area contributed by atoms with Crippen LogP contribution in [-0.2, 0) is 17.6 Å².